The molecule has 0 amide bonds. The number of aliphatic hydroxyl groups excluding tert-OH is 1. The molecule has 0 radical (unpaired) electrons. The van der Waals surface area contributed by atoms with Gasteiger partial charge in [0.25, 0.3) is 0 Å². The molecule has 0 fully saturated rings. The van der Waals surface area contributed by atoms with E-state index in [-0.39, 0.29) is 18.1 Å². The zero-order chi connectivity index (χ0) is 19.7. The predicted octanol–water partition coefficient (Wildman–Crippen LogP) is 4.61. The molecule has 1 aliphatic rings. The van der Waals surface area contributed by atoms with Gasteiger partial charge in [0.05, 0.1) is 29.8 Å². The van der Waals surface area contributed by atoms with Gasteiger partial charge in [-0.05, 0) is 37.6 Å². The van der Waals surface area contributed by atoms with Crippen LogP contribution in [0.4, 0.5) is 5.69 Å². The Bertz CT molecular complexity index is 1070. The Labute approximate surface area is 164 Å². The number of nitrogens with one attached hydrogen (secondary N) is 1. The number of aromatic nitrogens is 2. The lowest BCUT2D eigenvalue weighted by Gasteiger charge is -2.20. The second-order valence-electron chi connectivity index (χ2n) is 6.77. The quantitative estimate of drug-likeness (QED) is 0.659. The summed E-state index contributed by atoms with van der Waals surface area (Å²) in [6, 6.07) is 15.5. The number of para-hydroxylation sites is 2. The molecule has 0 unspecified atom stereocenters. The first-order valence-corrected chi connectivity index (χ1v) is 9.61. The number of hydrogen-bond acceptors (Lipinski definition) is 4. The van der Waals surface area contributed by atoms with E-state index >= 15 is 0 Å². The molecule has 6 heteroatoms. The van der Waals surface area contributed by atoms with Crippen LogP contribution in [0, 0.1) is 5.41 Å². The molecule has 0 spiro atoms. The van der Waals surface area contributed by atoms with E-state index in [0.717, 1.165) is 28.9 Å². The summed E-state index contributed by atoms with van der Waals surface area (Å²) >= 11 is 0. The number of rotatable bonds is 6. The van der Waals surface area contributed by atoms with Crippen molar-refractivity contribution >= 4 is 28.1 Å². The van der Waals surface area contributed by atoms with Crippen molar-refractivity contribution in [2.45, 2.75) is 26.8 Å². The van der Waals surface area contributed by atoms with Gasteiger partial charge in [-0.25, -0.2) is 4.98 Å². The Morgan fingerprint density at radius 2 is 1.96 bits per heavy atom. The molecular weight excluding hydrogens is 352 g/mol. The van der Waals surface area contributed by atoms with E-state index in [1.165, 1.54) is 0 Å². The summed E-state index contributed by atoms with van der Waals surface area (Å²) in [6.07, 6.45) is 0.934. The van der Waals surface area contributed by atoms with E-state index in [2.05, 4.69) is 6.92 Å². The Balaban J connectivity index is 1.70. The van der Waals surface area contributed by atoms with Crippen LogP contribution in [0.25, 0.3) is 16.6 Å². The van der Waals surface area contributed by atoms with Gasteiger partial charge in [0.15, 0.2) is 0 Å². The van der Waals surface area contributed by atoms with E-state index in [1.807, 2.05) is 60.0 Å². The zero-order valence-corrected chi connectivity index (χ0v) is 16.1. The van der Waals surface area contributed by atoms with Crippen LogP contribution < -0.4 is 9.64 Å². The highest BCUT2D eigenvalue weighted by Gasteiger charge is 2.32. The maximum absolute atomic E-state index is 10.7. The number of benzene rings is 2. The fourth-order valence-corrected chi connectivity index (χ4v) is 3.58. The maximum Gasteiger partial charge on any atom is 0.148 e. The van der Waals surface area contributed by atoms with Gasteiger partial charge in [-0.2, -0.15) is 0 Å². The first kappa shape index (κ1) is 18.1. The number of anilines is 1. The molecule has 2 heterocycles. The molecular formula is C22H24N4O2. The summed E-state index contributed by atoms with van der Waals surface area (Å²) in [5, 5.41) is 19.4. The van der Waals surface area contributed by atoms with Gasteiger partial charge in [-0.15, -0.1) is 0 Å². The molecule has 144 valence electrons. The number of hydrogen-bond donors (Lipinski definition) is 2. The number of ether oxygens (including phenoxy) is 1. The molecule has 0 aliphatic carbocycles. The van der Waals surface area contributed by atoms with Gasteiger partial charge in [0.2, 0.25) is 0 Å². The third kappa shape index (κ3) is 3.01. The second kappa shape index (κ2) is 7.38. The van der Waals surface area contributed by atoms with Crippen molar-refractivity contribution in [1.29, 1.82) is 5.41 Å². The zero-order valence-electron chi connectivity index (χ0n) is 16.1. The monoisotopic (exact) mass is 376 g/mol. The fraction of sp³-hybridized carbons (Fsp3) is 0.273. The highest BCUT2D eigenvalue weighted by molar-refractivity contribution is 6.30. The fourth-order valence-electron chi connectivity index (χ4n) is 3.58. The van der Waals surface area contributed by atoms with Crippen molar-refractivity contribution in [1.82, 2.24) is 9.55 Å². The lowest BCUT2D eigenvalue weighted by Crippen LogP contribution is -2.26. The topological polar surface area (TPSA) is 74.4 Å². The van der Waals surface area contributed by atoms with Crippen LogP contribution in [0.2, 0.25) is 0 Å². The van der Waals surface area contributed by atoms with E-state index in [9.17, 15) is 5.11 Å². The van der Waals surface area contributed by atoms with Crippen molar-refractivity contribution in [3.63, 3.8) is 0 Å². The predicted molar refractivity (Wildman–Crippen MR) is 112 cm³/mol. The minimum atomic E-state index is 0.162. The molecule has 0 bridgehead atoms. The summed E-state index contributed by atoms with van der Waals surface area (Å²) < 4.78 is 7.76. The van der Waals surface area contributed by atoms with Crippen LogP contribution in [0.3, 0.4) is 0 Å². The first-order valence-electron chi connectivity index (χ1n) is 9.61. The highest BCUT2D eigenvalue weighted by Crippen LogP contribution is 2.33. The lowest BCUT2D eigenvalue weighted by molar-refractivity contribution is 0.317. The minimum Gasteiger partial charge on any atom is -0.509 e. The van der Waals surface area contributed by atoms with E-state index < -0.39 is 0 Å². The van der Waals surface area contributed by atoms with E-state index in [4.69, 9.17) is 15.1 Å². The van der Waals surface area contributed by atoms with Gasteiger partial charge in [0, 0.05) is 18.3 Å². The molecule has 28 heavy (non-hydrogen) atoms. The summed E-state index contributed by atoms with van der Waals surface area (Å²) in [5.41, 5.74) is 3.17. The molecule has 0 saturated carbocycles. The summed E-state index contributed by atoms with van der Waals surface area (Å²) in [7, 11) is 0. The van der Waals surface area contributed by atoms with Crippen molar-refractivity contribution in [2.24, 2.45) is 0 Å². The normalized spacial score (nSPS) is 14.4. The molecule has 1 aliphatic heterocycles. The highest BCUT2D eigenvalue weighted by atomic mass is 16.5. The SMILES string of the molecule is CCCOc1cccc(N2CC(O)=C(c3nc4ccccc4n3CC)C2=N)c1. The molecule has 1 aromatic heterocycles. The Morgan fingerprint density at radius 3 is 2.75 bits per heavy atom. The number of aryl methyl sites for hydroxylation is 1. The standard InChI is InChI=1S/C22H24N4O2/c1-3-12-28-16-9-7-8-15(13-16)26-14-19(27)20(21(26)23)22-24-17-10-5-6-11-18(17)25(22)4-2/h5-11,13,23,27H,3-4,12,14H2,1-2H3. The Hall–Kier alpha value is -3.28. The second-order valence-corrected chi connectivity index (χ2v) is 6.77. The molecule has 4 rings (SSSR count). The average molecular weight is 376 g/mol. The van der Waals surface area contributed by atoms with Gasteiger partial charge in [-0.3, -0.25) is 5.41 Å². The van der Waals surface area contributed by atoms with Gasteiger partial charge in [0.1, 0.15) is 23.2 Å². The Kier molecular flexibility index (Phi) is 4.77. The third-order valence-corrected chi connectivity index (χ3v) is 4.90. The summed E-state index contributed by atoms with van der Waals surface area (Å²) in [6.45, 7) is 5.71. The van der Waals surface area contributed by atoms with Crippen LogP contribution in [-0.2, 0) is 6.54 Å². The van der Waals surface area contributed by atoms with E-state index in [0.29, 0.717) is 24.5 Å². The first-order chi connectivity index (χ1) is 13.6. The number of amidine groups is 1. The van der Waals surface area contributed by atoms with Crippen LogP contribution in [-0.4, -0.2) is 33.6 Å². The largest absolute Gasteiger partial charge is 0.509 e. The van der Waals surface area contributed by atoms with Crippen LogP contribution in [0.1, 0.15) is 26.1 Å². The van der Waals surface area contributed by atoms with Crippen molar-refractivity contribution in [2.75, 3.05) is 18.1 Å². The molecule has 2 aromatic carbocycles. The van der Waals surface area contributed by atoms with Crippen LogP contribution in [0.5, 0.6) is 5.75 Å². The lowest BCUT2D eigenvalue weighted by atomic mass is 10.2. The van der Waals surface area contributed by atoms with Gasteiger partial charge in [-0.1, -0.05) is 25.1 Å². The number of nitrogens with zero attached hydrogens (tertiary/aromatic N) is 3. The van der Waals surface area contributed by atoms with Gasteiger partial charge >= 0.3 is 0 Å². The Morgan fingerprint density at radius 1 is 1.14 bits per heavy atom. The third-order valence-electron chi connectivity index (χ3n) is 4.90. The summed E-state index contributed by atoms with van der Waals surface area (Å²) in [4.78, 5) is 6.49. The number of imidazole rings is 1. The minimum absolute atomic E-state index is 0.162. The van der Waals surface area contributed by atoms with Crippen molar-refractivity contribution in [3.05, 3.63) is 60.1 Å². The molecule has 2 N–H and O–H groups in total. The number of aliphatic hydroxyl groups is 1. The summed E-state index contributed by atoms with van der Waals surface area (Å²) in [5.74, 6) is 1.80. The maximum atomic E-state index is 10.7. The average Bonchev–Trinajstić information content (AvgIpc) is 3.22. The van der Waals surface area contributed by atoms with Crippen LogP contribution >= 0.6 is 0 Å². The smallest absolute Gasteiger partial charge is 0.148 e. The van der Waals surface area contributed by atoms with E-state index in [1.54, 1.807) is 4.90 Å². The molecule has 0 atom stereocenters. The van der Waals surface area contributed by atoms with Crippen LogP contribution in [0.15, 0.2) is 54.3 Å². The molecule has 3 aromatic rings. The van der Waals surface area contributed by atoms with Gasteiger partial charge < -0.3 is 19.3 Å². The van der Waals surface area contributed by atoms with Crippen molar-refractivity contribution < 1.29 is 9.84 Å². The number of fused-ring (bicyclic) bond motifs is 1. The van der Waals surface area contributed by atoms with Crippen molar-refractivity contribution in [3.8, 4) is 5.75 Å². The molecule has 0 saturated heterocycles. The molecule has 6 nitrogen and oxygen atoms in total.